The van der Waals surface area contributed by atoms with Crippen LogP contribution < -0.4 is 4.90 Å². The molecule has 0 saturated heterocycles. The van der Waals surface area contributed by atoms with E-state index in [4.69, 9.17) is 4.52 Å². The zero-order chi connectivity index (χ0) is 19.1. The van der Waals surface area contributed by atoms with Crippen molar-refractivity contribution in [1.29, 1.82) is 0 Å². The lowest BCUT2D eigenvalue weighted by atomic mass is 10.1. The number of carbonyl (C=O) groups is 1. The molecule has 0 bridgehead atoms. The van der Waals surface area contributed by atoms with Gasteiger partial charge in [0.25, 0.3) is 0 Å². The van der Waals surface area contributed by atoms with E-state index in [1.807, 2.05) is 67.3 Å². The van der Waals surface area contributed by atoms with E-state index < -0.39 is 0 Å². The van der Waals surface area contributed by atoms with E-state index in [0.717, 1.165) is 12.1 Å². The highest BCUT2D eigenvalue weighted by Gasteiger charge is 2.17. The number of nitrogens with zero attached hydrogens (tertiary/aromatic N) is 3. The molecule has 5 heteroatoms. The Morgan fingerprint density at radius 2 is 1.67 bits per heavy atom. The molecule has 0 aliphatic rings. The van der Waals surface area contributed by atoms with E-state index >= 15 is 0 Å². The number of aryl methyl sites for hydroxylation is 1. The highest BCUT2D eigenvalue weighted by molar-refractivity contribution is 5.93. The molecule has 1 heterocycles. The van der Waals surface area contributed by atoms with Crippen LogP contribution >= 0.6 is 0 Å². The molecule has 27 heavy (non-hydrogen) atoms. The van der Waals surface area contributed by atoms with Gasteiger partial charge in [-0.3, -0.25) is 4.79 Å². The zero-order valence-corrected chi connectivity index (χ0v) is 15.8. The zero-order valence-electron chi connectivity index (χ0n) is 15.8. The van der Waals surface area contributed by atoms with Crippen molar-refractivity contribution in [3.63, 3.8) is 0 Å². The summed E-state index contributed by atoms with van der Waals surface area (Å²) >= 11 is 0. The first-order chi connectivity index (χ1) is 13.1. The molecular formula is C22H25N3O2. The number of amides is 1. The van der Waals surface area contributed by atoms with Gasteiger partial charge in [-0.25, -0.2) is 0 Å². The van der Waals surface area contributed by atoms with Gasteiger partial charge in [0.15, 0.2) is 5.82 Å². The molecule has 0 radical (unpaired) electrons. The fourth-order valence-corrected chi connectivity index (χ4v) is 2.84. The van der Waals surface area contributed by atoms with Crippen molar-refractivity contribution >= 4 is 11.6 Å². The molecule has 0 N–H and O–H groups in total. The number of anilines is 1. The Morgan fingerprint density at radius 3 is 2.30 bits per heavy atom. The molecule has 5 nitrogen and oxygen atoms in total. The van der Waals surface area contributed by atoms with Crippen LogP contribution in [0.5, 0.6) is 0 Å². The van der Waals surface area contributed by atoms with Gasteiger partial charge in [0, 0.05) is 31.0 Å². The van der Waals surface area contributed by atoms with Crippen molar-refractivity contribution in [1.82, 2.24) is 10.1 Å². The summed E-state index contributed by atoms with van der Waals surface area (Å²) in [5.74, 6) is 1.47. The van der Waals surface area contributed by atoms with Crippen LogP contribution in [0.25, 0.3) is 0 Å². The van der Waals surface area contributed by atoms with Crippen molar-refractivity contribution in [2.75, 3.05) is 11.4 Å². The van der Waals surface area contributed by atoms with Crippen molar-refractivity contribution in [2.24, 2.45) is 0 Å². The predicted octanol–water partition coefficient (Wildman–Crippen LogP) is 4.40. The van der Waals surface area contributed by atoms with Crippen LogP contribution in [-0.2, 0) is 17.6 Å². The van der Waals surface area contributed by atoms with Gasteiger partial charge in [-0.15, -0.1) is 0 Å². The molecule has 0 unspecified atom stereocenters. The number of para-hydroxylation sites is 1. The highest BCUT2D eigenvalue weighted by Crippen LogP contribution is 2.17. The average Bonchev–Trinajstić information content (AvgIpc) is 3.18. The Labute approximate surface area is 160 Å². The normalized spacial score (nSPS) is 10.9. The van der Waals surface area contributed by atoms with Crippen molar-refractivity contribution in [3.05, 3.63) is 77.9 Å². The predicted molar refractivity (Wildman–Crippen MR) is 106 cm³/mol. The summed E-state index contributed by atoms with van der Waals surface area (Å²) in [5.41, 5.74) is 2.12. The lowest BCUT2D eigenvalue weighted by Gasteiger charge is -2.23. The van der Waals surface area contributed by atoms with Gasteiger partial charge >= 0.3 is 0 Å². The van der Waals surface area contributed by atoms with E-state index in [1.165, 1.54) is 5.56 Å². The second-order valence-electron chi connectivity index (χ2n) is 6.82. The highest BCUT2D eigenvalue weighted by atomic mass is 16.5. The van der Waals surface area contributed by atoms with Gasteiger partial charge in [0.1, 0.15) is 0 Å². The molecule has 0 aliphatic heterocycles. The number of carbonyl (C=O) groups excluding carboxylic acids is 1. The first kappa shape index (κ1) is 18.8. The minimum atomic E-state index is 0.0569. The first-order valence-corrected chi connectivity index (χ1v) is 9.35. The average molecular weight is 363 g/mol. The lowest BCUT2D eigenvalue weighted by Crippen LogP contribution is -2.33. The second kappa shape index (κ2) is 9.12. The summed E-state index contributed by atoms with van der Waals surface area (Å²) in [6.45, 7) is 4.66. The van der Waals surface area contributed by atoms with Crippen LogP contribution in [0.15, 0.2) is 65.2 Å². The summed E-state index contributed by atoms with van der Waals surface area (Å²) in [4.78, 5) is 19.1. The van der Waals surface area contributed by atoms with Crippen LogP contribution in [-0.4, -0.2) is 22.6 Å². The third-order valence-corrected chi connectivity index (χ3v) is 4.39. The fourth-order valence-electron chi connectivity index (χ4n) is 2.84. The Bertz CT molecular complexity index is 844. The maximum absolute atomic E-state index is 12.9. The maximum Gasteiger partial charge on any atom is 0.227 e. The SMILES string of the molecule is CC(C)c1noc(CCC(=O)N(CCc2ccccc2)c2ccccc2)n1. The van der Waals surface area contributed by atoms with Gasteiger partial charge in [-0.1, -0.05) is 67.5 Å². The third-order valence-electron chi connectivity index (χ3n) is 4.39. The van der Waals surface area contributed by atoms with E-state index in [-0.39, 0.29) is 11.8 Å². The van der Waals surface area contributed by atoms with Crippen molar-refractivity contribution in [3.8, 4) is 0 Å². The number of rotatable bonds is 8. The quantitative estimate of drug-likeness (QED) is 0.595. The molecular weight excluding hydrogens is 338 g/mol. The minimum absolute atomic E-state index is 0.0569. The summed E-state index contributed by atoms with van der Waals surface area (Å²) in [6, 6.07) is 20.0. The van der Waals surface area contributed by atoms with Crippen LogP contribution in [0.4, 0.5) is 5.69 Å². The van der Waals surface area contributed by atoms with Gasteiger partial charge < -0.3 is 9.42 Å². The van der Waals surface area contributed by atoms with Gasteiger partial charge in [-0.05, 0) is 24.1 Å². The molecule has 0 atom stereocenters. The second-order valence-corrected chi connectivity index (χ2v) is 6.82. The maximum atomic E-state index is 12.9. The lowest BCUT2D eigenvalue weighted by molar-refractivity contribution is -0.118. The molecule has 0 aliphatic carbocycles. The molecule has 1 aromatic heterocycles. The number of benzene rings is 2. The van der Waals surface area contributed by atoms with E-state index in [2.05, 4.69) is 22.3 Å². The topological polar surface area (TPSA) is 59.2 Å². The Balaban J connectivity index is 1.66. The smallest absolute Gasteiger partial charge is 0.227 e. The fraction of sp³-hybridized carbons (Fsp3) is 0.318. The number of aromatic nitrogens is 2. The summed E-state index contributed by atoms with van der Waals surface area (Å²) in [5, 5.41) is 3.96. The molecule has 0 fully saturated rings. The van der Waals surface area contributed by atoms with Crippen molar-refractivity contribution in [2.45, 2.75) is 39.0 Å². The van der Waals surface area contributed by atoms with E-state index in [1.54, 1.807) is 0 Å². The first-order valence-electron chi connectivity index (χ1n) is 9.35. The summed E-state index contributed by atoms with van der Waals surface area (Å²) < 4.78 is 5.26. The molecule has 2 aromatic carbocycles. The minimum Gasteiger partial charge on any atom is -0.339 e. The monoisotopic (exact) mass is 363 g/mol. The number of hydrogen-bond donors (Lipinski definition) is 0. The molecule has 140 valence electrons. The number of hydrogen-bond acceptors (Lipinski definition) is 4. The Morgan fingerprint density at radius 1 is 1.00 bits per heavy atom. The summed E-state index contributed by atoms with van der Waals surface area (Å²) in [6.07, 6.45) is 1.59. The van der Waals surface area contributed by atoms with Crippen LogP contribution in [0.1, 0.15) is 43.5 Å². The molecule has 3 rings (SSSR count). The van der Waals surface area contributed by atoms with Gasteiger partial charge in [-0.2, -0.15) is 4.98 Å². The van der Waals surface area contributed by atoms with Crippen molar-refractivity contribution < 1.29 is 9.32 Å². The molecule has 0 saturated carbocycles. The summed E-state index contributed by atoms with van der Waals surface area (Å²) in [7, 11) is 0. The molecule has 0 spiro atoms. The Kier molecular flexibility index (Phi) is 6.36. The molecule has 3 aromatic rings. The standard InChI is InChI=1S/C22H25N3O2/c1-17(2)22-23-20(27-24-22)13-14-21(26)25(19-11-7-4-8-12-19)16-15-18-9-5-3-6-10-18/h3-12,17H,13-16H2,1-2H3. The van der Waals surface area contributed by atoms with Gasteiger partial charge in [0.2, 0.25) is 11.8 Å². The van der Waals surface area contributed by atoms with E-state index in [9.17, 15) is 4.79 Å². The molecule has 1 amide bonds. The van der Waals surface area contributed by atoms with Crippen LogP contribution in [0.3, 0.4) is 0 Å². The van der Waals surface area contributed by atoms with E-state index in [0.29, 0.717) is 31.1 Å². The van der Waals surface area contributed by atoms with Crippen LogP contribution in [0, 0.1) is 0 Å². The largest absolute Gasteiger partial charge is 0.339 e. The third kappa shape index (κ3) is 5.26. The van der Waals surface area contributed by atoms with Crippen LogP contribution in [0.2, 0.25) is 0 Å². The van der Waals surface area contributed by atoms with Gasteiger partial charge in [0.05, 0.1) is 0 Å². The Hall–Kier alpha value is -2.95.